The van der Waals surface area contributed by atoms with Gasteiger partial charge in [-0.1, -0.05) is 170 Å². The summed E-state index contributed by atoms with van der Waals surface area (Å²) in [6.07, 6.45) is 0. The van der Waals surface area contributed by atoms with Gasteiger partial charge < -0.3 is 9.32 Å². The molecule has 0 saturated heterocycles. The molecule has 0 fully saturated rings. The molecule has 0 aliphatic heterocycles. The van der Waals surface area contributed by atoms with E-state index in [9.17, 15) is 0 Å². The second-order valence-corrected chi connectivity index (χ2v) is 17.4. The van der Waals surface area contributed by atoms with Gasteiger partial charge in [-0.15, -0.1) is 11.3 Å². The summed E-state index contributed by atoms with van der Waals surface area (Å²) in [5.74, 6) is 0. The highest BCUT2D eigenvalue weighted by Gasteiger charge is 2.20. The number of nitrogens with zero attached hydrogens (tertiary/aromatic N) is 1. The smallest absolute Gasteiger partial charge is 0.135 e. The summed E-state index contributed by atoms with van der Waals surface area (Å²) in [5, 5.41) is 12.2. The maximum atomic E-state index is 6.14. The van der Waals surface area contributed by atoms with E-state index < -0.39 is 0 Å². The van der Waals surface area contributed by atoms with E-state index in [2.05, 4.69) is 217 Å². The van der Waals surface area contributed by atoms with Gasteiger partial charge in [0.05, 0.1) is 10.4 Å². The van der Waals surface area contributed by atoms with E-state index in [4.69, 9.17) is 4.42 Å². The van der Waals surface area contributed by atoms with Crippen molar-refractivity contribution >= 4 is 103 Å². The van der Waals surface area contributed by atoms with E-state index in [0.717, 1.165) is 39.0 Å². The molecule has 0 unspecified atom stereocenters. The zero-order valence-corrected chi connectivity index (χ0v) is 34.9. The monoisotopic (exact) mass is 819 g/mol. The van der Waals surface area contributed by atoms with Crippen LogP contribution in [0.25, 0.3) is 108 Å². The number of para-hydroxylation sites is 1. The number of rotatable bonds is 6. The van der Waals surface area contributed by atoms with E-state index in [1.807, 2.05) is 23.5 Å². The summed E-state index contributed by atoms with van der Waals surface area (Å²) < 4.78 is 8.71. The molecule has 0 saturated carbocycles. The van der Waals surface area contributed by atoms with E-state index in [0.29, 0.717) is 0 Å². The van der Waals surface area contributed by atoms with Crippen molar-refractivity contribution in [1.82, 2.24) is 0 Å². The summed E-state index contributed by atoms with van der Waals surface area (Å²) in [5.41, 5.74) is 12.5. The lowest BCUT2D eigenvalue weighted by Gasteiger charge is -2.27. The molecule has 2 aromatic heterocycles. The minimum Gasteiger partial charge on any atom is -0.456 e. The highest BCUT2D eigenvalue weighted by Crippen LogP contribution is 2.48. The van der Waals surface area contributed by atoms with E-state index in [1.54, 1.807) is 0 Å². The number of hydrogen-bond donors (Lipinski definition) is 0. The van der Waals surface area contributed by atoms with Crippen molar-refractivity contribution < 1.29 is 4.42 Å². The van der Waals surface area contributed by atoms with Gasteiger partial charge in [0.15, 0.2) is 0 Å². The molecule has 0 radical (unpaired) electrons. The second-order valence-electron chi connectivity index (χ2n) is 16.4. The Morgan fingerprint density at radius 1 is 0.302 bits per heavy atom. The predicted molar refractivity (Wildman–Crippen MR) is 270 cm³/mol. The van der Waals surface area contributed by atoms with Gasteiger partial charge in [-0.25, -0.2) is 0 Å². The fourth-order valence-corrected chi connectivity index (χ4v) is 11.1. The standard InChI is InChI=1S/C60H37NOS/c1-2-11-39(12-3-1)51-18-9-19-53-54-20-10-21-56(60(54)63-59(51)53)61(45-29-25-40(26-30-45)48-17-8-14-38-13-4-5-15-47(38)48)46-31-33-50-44(36-46)24-23-43-35-41(27-32-49(43)50)42-28-34-58-55(37-42)52-16-6-7-22-57(52)62-58/h1-37H. The first-order chi connectivity index (χ1) is 31.2. The molecular weight excluding hydrogens is 783 g/mol. The topological polar surface area (TPSA) is 16.4 Å². The molecule has 2 nitrogen and oxygen atoms in total. The van der Waals surface area contributed by atoms with Crippen LogP contribution in [-0.4, -0.2) is 0 Å². The van der Waals surface area contributed by atoms with Gasteiger partial charge in [0.25, 0.3) is 0 Å². The first kappa shape index (κ1) is 35.7. The summed E-state index contributed by atoms with van der Waals surface area (Å²) in [4.78, 5) is 2.45. The van der Waals surface area contributed by atoms with Crippen LogP contribution >= 0.6 is 11.3 Å². The van der Waals surface area contributed by atoms with Crippen molar-refractivity contribution in [2.75, 3.05) is 4.90 Å². The Labute approximate surface area is 368 Å². The third-order valence-corrected chi connectivity index (χ3v) is 14.1. The lowest BCUT2D eigenvalue weighted by Crippen LogP contribution is -2.10. The summed E-state index contributed by atoms with van der Waals surface area (Å²) in [6, 6.07) is 81.8. The van der Waals surface area contributed by atoms with Gasteiger partial charge in [-0.05, 0) is 120 Å². The first-order valence-corrected chi connectivity index (χ1v) is 22.3. The lowest BCUT2D eigenvalue weighted by molar-refractivity contribution is 0.669. The molecule has 0 N–H and O–H groups in total. The summed E-state index contributed by atoms with van der Waals surface area (Å²) >= 11 is 1.89. The number of fused-ring (bicyclic) bond motifs is 10. The fourth-order valence-electron chi connectivity index (χ4n) is 9.80. The quantitative estimate of drug-likeness (QED) is 0.155. The van der Waals surface area contributed by atoms with Crippen molar-refractivity contribution in [3.8, 4) is 33.4 Å². The minimum absolute atomic E-state index is 0.915. The van der Waals surface area contributed by atoms with Gasteiger partial charge in [-0.2, -0.15) is 0 Å². The van der Waals surface area contributed by atoms with Crippen LogP contribution in [0.1, 0.15) is 0 Å². The highest BCUT2D eigenvalue weighted by atomic mass is 32.1. The molecule has 11 aromatic carbocycles. The Hall–Kier alpha value is -7.98. The number of thiophene rings is 1. The Balaban J connectivity index is 0.955. The molecule has 0 spiro atoms. The van der Waals surface area contributed by atoms with Gasteiger partial charge in [-0.3, -0.25) is 0 Å². The van der Waals surface area contributed by atoms with E-state index in [-0.39, 0.29) is 0 Å². The Morgan fingerprint density at radius 3 is 1.76 bits per heavy atom. The molecule has 0 atom stereocenters. The Morgan fingerprint density at radius 2 is 0.889 bits per heavy atom. The van der Waals surface area contributed by atoms with Crippen LogP contribution in [-0.2, 0) is 0 Å². The van der Waals surface area contributed by atoms with Crippen LogP contribution in [0.2, 0.25) is 0 Å². The normalized spacial score (nSPS) is 11.8. The van der Waals surface area contributed by atoms with E-state index >= 15 is 0 Å². The van der Waals surface area contributed by atoms with Gasteiger partial charge in [0.2, 0.25) is 0 Å². The highest BCUT2D eigenvalue weighted by molar-refractivity contribution is 7.27. The third-order valence-electron chi connectivity index (χ3n) is 12.8. The largest absolute Gasteiger partial charge is 0.456 e. The van der Waals surface area contributed by atoms with Crippen molar-refractivity contribution in [2.24, 2.45) is 0 Å². The van der Waals surface area contributed by atoms with Crippen LogP contribution < -0.4 is 4.90 Å². The SMILES string of the molecule is c1ccc(-c2cccc3c2sc2c(N(c4ccc(-c5cccc6ccccc56)cc4)c4ccc5c(ccc6cc(-c7ccc8oc9ccccc9c8c7)ccc65)c4)cccc23)cc1. The zero-order valence-electron chi connectivity index (χ0n) is 34.1. The molecule has 0 aliphatic carbocycles. The second kappa shape index (κ2) is 14.3. The maximum Gasteiger partial charge on any atom is 0.135 e. The molecule has 0 aliphatic rings. The maximum absolute atomic E-state index is 6.14. The van der Waals surface area contributed by atoms with Crippen LogP contribution in [0.5, 0.6) is 0 Å². The Kier molecular flexibility index (Phi) is 8.12. The van der Waals surface area contributed by atoms with Crippen LogP contribution in [0.3, 0.4) is 0 Å². The van der Waals surface area contributed by atoms with Crippen LogP contribution in [0.15, 0.2) is 229 Å². The molecule has 294 valence electrons. The molecule has 13 rings (SSSR count). The molecule has 13 aromatic rings. The summed E-state index contributed by atoms with van der Waals surface area (Å²) in [6.45, 7) is 0. The average molecular weight is 820 g/mol. The number of furan rings is 1. The van der Waals surface area contributed by atoms with E-state index in [1.165, 1.54) is 85.9 Å². The van der Waals surface area contributed by atoms with Gasteiger partial charge in [0.1, 0.15) is 11.2 Å². The number of anilines is 3. The molecular formula is C60H37NOS. The van der Waals surface area contributed by atoms with Crippen molar-refractivity contribution in [3.63, 3.8) is 0 Å². The van der Waals surface area contributed by atoms with Gasteiger partial charge >= 0.3 is 0 Å². The zero-order chi connectivity index (χ0) is 41.4. The average Bonchev–Trinajstić information content (AvgIpc) is 3.93. The molecule has 0 bridgehead atoms. The number of hydrogen-bond acceptors (Lipinski definition) is 3. The van der Waals surface area contributed by atoms with Crippen molar-refractivity contribution in [3.05, 3.63) is 224 Å². The third kappa shape index (κ3) is 5.85. The van der Waals surface area contributed by atoms with Crippen molar-refractivity contribution in [2.45, 2.75) is 0 Å². The summed E-state index contributed by atoms with van der Waals surface area (Å²) in [7, 11) is 0. The lowest BCUT2D eigenvalue weighted by atomic mass is 9.96. The molecule has 2 heterocycles. The number of benzene rings is 11. The first-order valence-electron chi connectivity index (χ1n) is 21.5. The molecule has 63 heavy (non-hydrogen) atoms. The molecule has 0 amide bonds. The minimum atomic E-state index is 0.915. The van der Waals surface area contributed by atoms with Crippen molar-refractivity contribution in [1.29, 1.82) is 0 Å². The molecule has 3 heteroatoms. The van der Waals surface area contributed by atoms with Crippen LogP contribution in [0, 0.1) is 0 Å². The Bertz CT molecular complexity index is 3910. The fraction of sp³-hybridized carbons (Fsp3) is 0. The predicted octanol–water partition coefficient (Wildman–Crippen LogP) is 17.9. The van der Waals surface area contributed by atoms with Crippen LogP contribution in [0.4, 0.5) is 17.1 Å². The van der Waals surface area contributed by atoms with Gasteiger partial charge in [0, 0.05) is 37.6 Å².